The molecule has 0 rings (SSSR count). The van der Waals surface area contributed by atoms with Crippen LogP contribution in [0.3, 0.4) is 0 Å². The first-order valence-corrected chi connectivity index (χ1v) is 3.46. The van der Waals surface area contributed by atoms with Crippen molar-refractivity contribution in [2.45, 2.75) is 20.3 Å². The van der Waals surface area contributed by atoms with Gasteiger partial charge < -0.3 is 10.2 Å². The van der Waals surface area contributed by atoms with Crippen LogP contribution in [0.1, 0.15) is 20.3 Å². The second kappa shape index (κ2) is 6.46. The normalized spacial score (nSPS) is 14.2. The number of carboxylic acid groups (broad SMARTS) is 2. The van der Waals surface area contributed by atoms with Crippen LogP contribution in [-0.4, -0.2) is 51.7 Å². The average Bonchev–Trinajstić information content (AvgIpc) is 1.88. The fourth-order valence-electron chi connectivity index (χ4n) is 0.914. The van der Waals surface area contributed by atoms with Crippen molar-refractivity contribution in [3.8, 4) is 0 Å². The van der Waals surface area contributed by atoms with Gasteiger partial charge in [-0.2, -0.15) is 0 Å². The van der Waals surface area contributed by atoms with E-state index in [0.717, 1.165) is 0 Å². The summed E-state index contributed by atoms with van der Waals surface area (Å²) in [5.74, 6) is -3.67. The third kappa shape index (κ3) is 4.09. The van der Waals surface area contributed by atoms with Gasteiger partial charge >= 0.3 is 41.5 Å². The van der Waals surface area contributed by atoms with Gasteiger partial charge in [-0.1, -0.05) is 13.8 Å². The van der Waals surface area contributed by atoms with Crippen LogP contribution < -0.4 is 0 Å². The zero-order valence-corrected chi connectivity index (χ0v) is 6.57. The molecule has 0 aromatic carbocycles. The molecule has 2 N–H and O–H groups in total. The molecule has 0 aromatic rings. The molecule has 0 saturated heterocycles. The third-order valence-corrected chi connectivity index (χ3v) is 1.75. The standard InChI is InChI=1S/C7H12O4.Na.H/c1-3-5(7(10)11)4(2)6(8)9;;/h4-5H,3H2,1-2H3,(H,8,9)(H,10,11);;. The van der Waals surface area contributed by atoms with E-state index in [1.54, 1.807) is 6.92 Å². The van der Waals surface area contributed by atoms with Gasteiger partial charge in [-0.3, -0.25) is 9.59 Å². The summed E-state index contributed by atoms with van der Waals surface area (Å²) in [6.45, 7) is 3.07. The van der Waals surface area contributed by atoms with Crippen LogP contribution in [0.2, 0.25) is 0 Å². The van der Waals surface area contributed by atoms with E-state index in [1.165, 1.54) is 6.92 Å². The van der Waals surface area contributed by atoms with E-state index in [-0.39, 0.29) is 29.6 Å². The molecule has 0 fully saturated rings. The molecule has 4 nitrogen and oxygen atoms in total. The van der Waals surface area contributed by atoms with Crippen molar-refractivity contribution in [2.24, 2.45) is 11.8 Å². The molecule has 0 aliphatic rings. The van der Waals surface area contributed by atoms with E-state index in [1.807, 2.05) is 0 Å². The fraction of sp³-hybridized carbons (Fsp3) is 0.714. The molecule has 2 unspecified atom stereocenters. The summed E-state index contributed by atoms with van der Waals surface area (Å²) in [4.78, 5) is 20.8. The number of carboxylic acids is 2. The molecule has 0 amide bonds. The molecule has 0 heterocycles. The van der Waals surface area contributed by atoms with Crippen LogP contribution in [-0.2, 0) is 9.59 Å². The van der Waals surface area contributed by atoms with Crippen molar-refractivity contribution in [3.05, 3.63) is 0 Å². The zero-order valence-electron chi connectivity index (χ0n) is 6.57. The minimum atomic E-state index is -1.06. The van der Waals surface area contributed by atoms with Crippen LogP contribution in [0.4, 0.5) is 0 Å². The quantitative estimate of drug-likeness (QED) is 0.611. The summed E-state index contributed by atoms with van der Waals surface area (Å²) in [6, 6.07) is 0. The topological polar surface area (TPSA) is 74.6 Å². The second-order valence-corrected chi connectivity index (χ2v) is 2.48. The summed E-state index contributed by atoms with van der Waals surface area (Å²) in [5.41, 5.74) is 0. The Morgan fingerprint density at radius 2 is 1.67 bits per heavy atom. The van der Waals surface area contributed by atoms with Crippen LogP contribution in [0.15, 0.2) is 0 Å². The molecule has 0 aliphatic carbocycles. The molecule has 0 bridgehead atoms. The maximum atomic E-state index is 10.4. The minimum absolute atomic E-state index is 0. The van der Waals surface area contributed by atoms with Gasteiger partial charge in [-0.15, -0.1) is 0 Å². The van der Waals surface area contributed by atoms with Crippen molar-refractivity contribution in [1.29, 1.82) is 0 Å². The van der Waals surface area contributed by atoms with Gasteiger partial charge in [0.05, 0.1) is 11.8 Å². The first-order valence-electron chi connectivity index (χ1n) is 3.46. The Balaban J connectivity index is 0. The van der Waals surface area contributed by atoms with Crippen molar-refractivity contribution < 1.29 is 19.8 Å². The predicted octanol–water partition coefficient (Wildman–Crippen LogP) is 0.169. The number of hydrogen-bond acceptors (Lipinski definition) is 2. The van der Waals surface area contributed by atoms with Gasteiger partial charge in [0.2, 0.25) is 0 Å². The Bertz CT molecular complexity index is 169. The molecule has 5 heteroatoms. The molecule has 2 atom stereocenters. The average molecular weight is 184 g/mol. The SMILES string of the molecule is CCC(C(=O)O)C(C)C(=O)O.[NaH]. The van der Waals surface area contributed by atoms with Gasteiger partial charge in [0, 0.05) is 0 Å². The van der Waals surface area contributed by atoms with Crippen LogP contribution in [0, 0.1) is 11.8 Å². The van der Waals surface area contributed by atoms with E-state index < -0.39 is 23.8 Å². The van der Waals surface area contributed by atoms with Crippen molar-refractivity contribution in [1.82, 2.24) is 0 Å². The summed E-state index contributed by atoms with van der Waals surface area (Å²) in [5, 5.41) is 17.0. The molecule has 12 heavy (non-hydrogen) atoms. The van der Waals surface area contributed by atoms with Crippen molar-refractivity contribution in [3.63, 3.8) is 0 Å². The van der Waals surface area contributed by atoms with Gasteiger partial charge in [-0.05, 0) is 6.42 Å². The molecule has 0 saturated carbocycles. The molecule has 0 radical (unpaired) electrons. The number of hydrogen-bond donors (Lipinski definition) is 2. The van der Waals surface area contributed by atoms with Crippen molar-refractivity contribution in [2.75, 3.05) is 0 Å². The summed E-state index contributed by atoms with van der Waals surface area (Å²) >= 11 is 0. The first-order chi connectivity index (χ1) is 5.00. The van der Waals surface area contributed by atoms with Gasteiger partial charge in [0.1, 0.15) is 0 Å². The Kier molecular flexibility index (Phi) is 7.78. The fourth-order valence-corrected chi connectivity index (χ4v) is 0.914. The number of aliphatic carboxylic acids is 2. The Labute approximate surface area is 93.3 Å². The molecular formula is C7H13NaO4. The van der Waals surface area contributed by atoms with E-state index in [0.29, 0.717) is 6.42 Å². The van der Waals surface area contributed by atoms with E-state index in [9.17, 15) is 9.59 Å². The van der Waals surface area contributed by atoms with Crippen LogP contribution in [0.25, 0.3) is 0 Å². The Morgan fingerprint density at radius 1 is 1.25 bits per heavy atom. The van der Waals surface area contributed by atoms with Crippen LogP contribution >= 0.6 is 0 Å². The summed E-state index contributed by atoms with van der Waals surface area (Å²) in [6.07, 6.45) is 0.350. The molecular weight excluding hydrogens is 171 g/mol. The van der Waals surface area contributed by atoms with Crippen molar-refractivity contribution >= 4 is 41.5 Å². The third-order valence-electron chi connectivity index (χ3n) is 1.75. The van der Waals surface area contributed by atoms with Gasteiger partial charge in [0.15, 0.2) is 0 Å². The second-order valence-electron chi connectivity index (χ2n) is 2.48. The summed E-state index contributed by atoms with van der Waals surface area (Å²) < 4.78 is 0. The molecule has 0 spiro atoms. The predicted molar refractivity (Wildman–Crippen MR) is 45.4 cm³/mol. The van der Waals surface area contributed by atoms with Gasteiger partial charge in [-0.25, -0.2) is 0 Å². The Morgan fingerprint density at radius 3 is 1.75 bits per heavy atom. The monoisotopic (exact) mass is 184 g/mol. The molecule has 0 aromatic heterocycles. The maximum absolute atomic E-state index is 10.4. The van der Waals surface area contributed by atoms with E-state index in [4.69, 9.17) is 10.2 Å². The van der Waals surface area contributed by atoms with Gasteiger partial charge in [0.25, 0.3) is 0 Å². The molecule has 66 valence electrons. The first kappa shape index (κ1) is 14.5. The number of carbonyl (C=O) groups is 2. The number of rotatable bonds is 4. The van der Waals surface area contributed by atoms with E-state index >= 15 is 0 Å². The Hall–Kier alpha value is -0.0600. The zero-order chi connectivity index (χ0) is 9.02. The van der Waals surface area contributed by atoms with Crippen LogP contribution in [0.5, 0.6) is 0 Å². The summed E-state index contributed by atoms with van der Waals surface area (Å²) in [7, 11) is 0. The van der Waals surface area contributed by atoms with E-state index in [2.05, 4.69) is 0 Å². The molecule has 0 aliphatic heterocycles.